The summed E-state index contributed by atoms with van der Waals surface area (Å²) in [6, 6.07) is 0. The summed E-state index contributed by atoms with van der Waals surface area (Å²) >= 11 is 2.86. The molecule has 1 aliphatic heterocycles. The Kier molecular flexibility index (Phi) is 4.16. The molecule has 0 aromatic carbocycles. The average Bonchev–Trinajstić information content (AvgIpc) is 3.15. The maximum Gasteiger partial charge on any atom is 0.267 e. The number of hydrogen-bond donors (Lipinski definition) is 0. The predicted octanol–water partition coefficient (Wildman–Crippen LogP) is 1.83. The van der Waals surface area contributed by atoms with E-state index in [1.807, 2.05) is 18.7 Å². The Hall–Kier alpha value is -1.54. The van der Waals surface area contributed by atoms with Crippen LogP contribution in [-0.2, 0) is 6.42 Å². The predicted molar refractivity (Wildman–Crippen MR) is 84.3 cm³/mol. The van der Waals surface area contributed by atoms with E-state index in [0.29, 0.717) is 4.88 Å². The van der Waals surface area contributed by atoms with E-state index in [1.54, 1.807) is 11.3 Å². The van der Waals surface area contributed by atoms with Crippen molar-refractivity contribution in [1.29, 1.82) is 0 Å². The maximum absolute atomic E-state index is 12.5. The zero-order chi connectivity index (χ0) is 14.8. The molecule has 0 saturated carbocycles. The van der Waals surface area contributed by atoms with E-state index in [4.69, 9.17) is 0 Å². The lowest BCUT2D eigenvalue weighted by molar-refractivity contribution is 0.0750. The van der Waals surface area contributed by atoms with Gasteiger partial charge in [0.1, 0.15) is 4.88 Å². The van der Waals surface area contributed by atoms with Crippen molar-refractivity contribution in [3.63, 3.8) is 0 Å². The Labute approximate surface area is 131 Å². The topological polar surface area (TPSA) is 62.2 Å². The molecule has 2 aromatic rings. The van der Waals surface area contributed by atoms with Crippen molar-refractivity contribution in [1.82, 2.24) is 19.5 Å². The lowest BCUT2D eigenvalue weighted by Gasteiger charge is -2.34. The van der Waals surface area contributed by atoms with Gasteiger partial charge in [-0.15, -0.1) is 16.4 Å². The molecule has 1 amide bonds. The first-order valence-electron chi connectivity index (χ1n) is 6.96. The Bertz CT molecular complexity index is 630. The number of aromatic nitrogens is 3. The third kappa shape index (κ3) is 2.91. The third-order valence-electron chi connectivity index (χ3n) is 3.53. The summed E-state index contributed by atoms with van der Waals surface area (Å²) in [5.74, 6) is 0.0665. The highest BCUT2D eigenvalue weighted by molar-refractivity contribution is 7.13. The highest BCUT2D eigenvalue weighted by Crippen LogP contribution is 2.22. The smallest absolute Gasteiger partial charge is 0.267 e. The van der Waals surface area contributed by atoms with E-state index < -0.39 is 0 Å². The van der Waals surface area contributed by atoms with Crippen molar-refractivity contribution in [2.45, 2.75) is 20.3 Å². The quantitative estimate of drug-likeness (QED) is 0.862. The third-order valence-corrected chi connectivity index (χ3v) is 5.30. The summed E-state index contributed by atoms with van der Waals surface area (Å²) in [5, 5.41) is 7.13. The fourth-order valence-corrected chi connectivity index (χ4v) is 3.91. The standard InChI is InChI=1S/C13H17N5OS2/c1-3-10-11(21-16-15-10)12(19)17-4-6-18(7-5-17)13-14-9(2)8-20-13/h8H,3-7H2,1-2H3. The maximum atomic E-state index is 12.5. The van der Waals surface area contributed by atoms with Gasteiger partial charge in [0, 0.05) is 31.6 Å². The molecule has 2 aromatic heterocycles. The van der Waals surface area contributed by atoms with Crippen LogP contribution in [0, 0.1) is 6.92 Å². The van der Waals surface area contributed by atoms with Gasteiger partial charge in [0.15, 0.2) is 5.13 Å². The van der Waals surface area contributed by atoms with Crippen LogP contribution in [0.1, 0.15) is 28.0 Å². The van der Waals surface area contributed by atoms with Crippen molar-refractivity contribution < 1.29 is 4.79 Å². The number of rotatable bonds is 3. The van der Waals surface area contributed by atoms with E-state index in [0.717, 1.165) is 49.1 Å². The summed E-state index contributed by atoms with van der Waals surface area (Å²) in [7, 11) is 0. The minimum absolute atomic E-state index is 0.0665. The van der Waals surface area contributed by atoms with Gasteiger partial charge < -0.3 is 9.80 Å². The van der Waals surface area contributed by atoms with Gasteiger partial charge in [0.25, 0.3) is 5.91 Å². The van der Waals surface area contributed by atoms with Gasteiger partial charge in [0.2, 0.25) is 0 Å². The van der Waals surface area contributed by atoms with Gasteiger partial charge in [0.05, 0.1) is 11.4 Å². The SMILES string of the molecule is CCc1nnsc1C(=O)N1CCN(c2nc(C)cs2)CC1. The molecule has 0 aliphatic carbocycles. The molecule has 8 heteroatoms. The molecule has 1 saturated heterocycles. The molecule has 21 heavy (non-hydrogen) atoms. The zero-order valence-corrected chi connectivity index (χ0v) is 13.7. The van der Waals surface area contributed by atoms with Crippen LogP contribution in [0.25, 0.3) is 0 Å². The van der Waals surface area contributed by atoms with E-state index in [2.05, 4.69) is 24.9 Å². The fourth-order valence-electron chi connectivity index (χ4n) is 2.33. The number of carbonyl (C=O) groups is 1. The monoisotopic (exact) mass is 323 g/mol. The average molecular weight is 323 g/mol. The second kappa shape index (κ2) is 6.07. The van der Waals surface area contributed by atoms with Crippen LogP contribution in [0.15, 0.2) is 5.38 Å². The molecule has 3 rings (SSSR count). The van der Waals surface area contributed by atoms with Crippen LogP contribution in [0.3, 0.4) is 0 Å². The van der Waals surface area contributed by atoms with E-state index in [9.17, 15) is 4.79 Å². The van der Waals surface area contributed by atoms with Crippen LogP contribution in [-0.4, -0.2) is 51.6 Å². The minimum Gasteiger partial charge on any atom is -0.345 e. The first-order chi connectivity index (χ1) is 10.2. The summed E-state index contributed by atoms with van der Waals surface area (Å²) in [6.45, 7) is 7.09. The van der Waals surface area contributed by atoms with Crippen LogP contribution in [0.5, 0.6) is 0 Å². The van der Waals surface area contributed by atoms with Crippen molar-refractivity contribution >= 4 is 33.9 Å². The van der Waals surface area contributed by atoms with Gasteiger partial charge in [-0.2, -0.15) is 0 Å². The second-order valence-electron chi connectivity index (χ2n) is 4.95. The Morgan fingerprint density at radius 1 is 1.33 bits per heavy atom. The molecule has 0 unspecified atom stereocenters. The van der Waals surface area contributed by atoms with Crippen molar-refractivity contribution in [2.24, 2.45) is 0 Å². The van der Waals surface area contributed by atoms with Crippen molar-refractivity contribution in [3.8, 4) is 0 Å². The minimum atomic E-state index is 0.0665. The van der Waals surface area contributed by atoms with Gasteiger partial charge in [-0.05, 0) is 24.9 Å². The Balaban J connectivity index is 1.64. The number of nitrogens with zero attached hydrogens (tertiary/aromatic N) is 5. The molecule has 0 spiro atoms. The Morgan fingerprint density at radius 2 is 2.10 bits per heavy atom. The highest BCUT2D eigenvalue weighted by atomic mass is 32.1. The second-order valence-corrected chi connectivity index (χ2v) is 6.54. The summed E-state index contributed by atoms with van der Waals surface area (Å²) in [5.41, 5.74) is 1.86. The number of amides is 1. The summed E-state index contributed by atoms with van der Waals surface area (Å²) < 4.78 is 3.90. The first-order valence-corrected chi connectivity index (χ1v) is 8.62. The van der Waals surface area contributed by atoms with Crippen LogP contribution in [0.2, 0.25) is 0 Å². The van der Waals surface area contributed by atoms with Gasteiger partial charge >= 0.3 is 0 Å². The number of hydrogen-bond acceptors (Lipinski definition) is 7. The first kappa shape index (κ1) is 14.4. The zero-order valence-electron chi connectivity index (χ0n) is 12.1. The number of aryl methyl sites for hydroxylation is 2. The molecule has 0 bridgehead atoms. The molecule has 6 nitrogen and oxygen atoms in total. The lowest BCUT2D eigenvalue weighted by atomic mass is 10.2. The van der Waals surface area contributed by atoms with Gasteiger partial charge in [-0.3, -0.25) is 4.79 Å². The van der Waals surface area contributed by atoms with Crippen molar-refractivity contribution in [2.75, 3.05) is 31.1 Å². The number of thiazole rings is 1. The largest absolute Gasteiger partial charge is 0.345 e. The number of anilines is 1. The molecule has 1 aliphatic rings. The Morgan fingerprint density at radius 3 is 2.71 bits per heavy atom. The van der Waals surface area contributed by atoms with E-state index in [1.165, 1.54) is 11.5 Å². The van der Waals surface area contributed by atoms with E-state index in [-0.39, 0.29) is 5.91 Å². The van der Waals surface area contributed by atoms with Crippen LogP contribution >= 0.6 is 22.9 Å². The van der Waals surface area contributed by atoms with Crippen LogP contribution < -0.4 is 4.90 Å². The number of carbonyl (C=O) groups excluding carboxylic acids is 1. The normalized spacial score (nSPS) is 15.5. The molecule has 0 N–H and O–H groups in total. The molecular formula is C13H17N5OS2. The molecule has 1 fully saturated rings. The molecule has 3 heterocycles. The van der Waals surface area contributed by atoms with Gasteiger partial charge in [-0.1, -0.05) is 11.4 Å². The molecule has 0 radical (unpaired) electrons. The highest BCUT2D eigenvalue weighted by Gasteiger charge is 2.26. The molecule has 0 atom stereocenters. The molecule has 112 valence electrons. The summed E-state index contributed by atoms with van der Waals surface area (Å²) in [4.78, 5) is 21.8. The fraction of sp³-hybridized carbons (Fsp3) is 0.538. The summed E-state index contributed by atoms with van der Waals surface area (Å²) in [6.07, 6.45) is 0.746. The van der Waals surface area contributed by atoms with Gasteiger partial charge in [-0.25, -0.2) is 4.98 Å². The number of piperazine rings is 1. The lowest BCUT2D eigenvalue weighted by Crippen LogP contribution is -2.48. The van der Waals surface area contributed by atoms with E-state index >= 15 is 0 Å². The van der Waals surface area contributed by atoms with Crippen molar-refractivity contribution in [3.05, 3.63) is 21.6 Å². The molecular weight excluding hydrogens is 306 g/mol. The van der Waals surface area contributed by atoms with Crippen LogP contribution in [0.4, 0.5) is 5.13 Å².